The molecule has 1 aromatic heterocycles. The summed E-state index contributed by atoms with van der Waals surface area (Å²) in [6, 6.07) is 0. The molecule has 0 aromatic carbocycles. The number of carbonyl (C=O) groups excluding carboxylic acids is 1. The molecule has 0 unspecified atom stereocenters. The van der Waals surface area contributed by atoms with Crippen molar-refractivity contribution in [3.63, 3.8) is 0 Å². The van der Waals surface area contributed by atoms with Gasteiger partial charge in [0.05, 0.1) is 11.2 Å². The molecule has 0 aliphatic heterocycles. The second-order valence-corrected chi connectivity index (χ2v) is 6.56. The Balaban J connectivity index is 1.94. The van der Waals surface area contributed by atoms with Crippen LogP contribution in [0.2, 0.25) is 0 Å². The summed E-state index contributed by atoms with van der Waals surface area (Å²) in [5, 5.41) is 4.06. The number of nitrogens with one attached hydrogen (secondary N) is 1. The van der Waals surface area contributed by atoms with Gasteiger partial charge in [0.2, 0.25) is 0 Å². The van der Waals surface area contributed by atoms with Crippen molar-refractivity contribution in [3.05, 3.63) is 16.1 Å². The third-order valence-corrected chi connectivity index (χ3v) is 5.89. The van der Waals surface area contributed by atoms with Crippen molar-refractivity contribution in [2.75, 3.05) is 11.9 Å². The van der Waals surface area contributed by atoms with Crippen LogP contribution in [0.3, 0.4) is 0 Å². The molecule has 0 saturated heterocycles. The van der Waals surface area contributed by atoms with E-state index in [4.69, 9.17) is 0 Å². The van der Waals surface area contributed by atoms with Crippen molar-refractivity contribution in [2.45, 2.75) is 39.0 Å². The minimum atomic E-state index is 0.0286. The molecule has 0 atom stereocenters. The lowest BCUT2D eigenvalue weighted by Crippen LogP contribution is -2.40. The number of aromatic nitrogens is 1. The normalized spacial score (nSPS) is 18.6. The molecule has 0 spiro atoms. The van der Waals surface area contributed by atoms with Gasteiger partial charge in [0.15, 0.2) is 0 Å². The molecule has 18 heavy (non-hydrogen) atoms. The van der Waals surface area contributed by atoms with Gasteiger partial charge in [0.1, 0.15) is 4.88 Å². The second kappa shape index (κ2) is 6.15. The van der Waals surface area contributed by atoms with Crippen LogP contribution in [0.4, 0.5) is 0 Å². The van der Waals surface area contributed by atoms with E-state index in [0.717, 1.165) is 22.4 Å². The molecule has 1 aromatic rings. The van der Waals surface area contributed by atoms with Gasteiger partial charge in [-0.3, -0.25) is 4.79 Å². The molecular formula is C13H19BrN2OS. The quantitative estimate of drug-likeness (QED) is 0.858. The monoisotopic (exact) mass is 330 g/mol. The van der Waals surface area contributed by atoms with Crippen LogP contribution in [0.15, 0.2) is 5.51 Å². The number of rotatable bonds is 4. The maximum Gasteiger partial charge on any atom is 0.263 e. The number of halogens is 1. The summed E-state index contributed by atoms with van der Waals surface area (Å²) in [5.41, 5.74) is 2.81. The molecule has 1 fully saturated rings. The summed E-state index contributed by atoms with van der Waals surface area (Å²) in [6.07, 6.45) is 6.30. The Hall–Kier alpha value is -0.420. The molecule has 1 heterocycles. The Morgan fingerprint density at radius 3 is 2.78 bits per heavy atom. The van der Waals surface area contributed by atoms with Gasteiger partial charge >= 0.3 is 0 Å². The van der Waals surface area contributed by atoms with Crippen LogP contribution in [0.5, 0.6) is 0 Å². The van der Waals surface area contributed by atoms with E-state index < -0.39 is 0 Å². The number of alkyl halides is 1. The largest absolute Gasteiger partial charge is 0.351 e. The van der Waals surface area contributed by atoms with E-state index in [9.17, 15) is 4.79 Å². The van der Waals surface area contributed by atoms with Crippen molar-refractivity contribution >= 4 is 33.2 Å². The summed E-state index contributed by atoms with van der Waals surface area (Å²) in [5.74, 6) is 0.0286. The zero-order valence-electron chi connectivity index (χ0n) is 10.7. The molecule has 1 saturated carbocycles. The number of hydrogen-bond donors (Lipinski definition) is 1. The van der Waals surface area contributed by atoms with Gasteiger partial charge in [-0.25, -0.2) is 4.98 Å². The average molecular weight is 331 g/mol. The van der Waals surface area contributed by atoms with E-state index in [1.165, 1.54) is 43.4 Å². The van der Waals surface area contributed by atoms with Gasteiger partial charge in [-0.1, -0.05) is 35.2 Å². The predicted octanol–water partition coefficient (Wildman–Crippen LogP) is 3.53. The van der Waals surface area contributed by atoms with E-state index in [1.807, 2.05) is 6.92 Å². The maximum atomic E-state index is 12.1. The minimum absolute atomic E-state index is 0.0286. The lowest BCUT2D eigenvalue weighted by molar-refractivity contribution is 0.0925. The average Bonchev–Trinajstić information content (AvgIpc) is 2.83. The Morgan fingerprint density at radius 2 is 2.22 bits per heavy atom. The highest BCUT2D eigenvalue weighted by Crippen LogP contribution is 2.37. The van der Waals surface area contributed by atoms with Gasteiger partial charge in [-0.15, -0.1) is 11.3 Å². The molecule has 2 rings (SSSR count). The van der Waals surface area contributed by atoms with Crippen LogP contribution in [-0.2, 0) is 0 Å². The molecule has 1 aliphatic carbocycles. The van der Waals surface area contributed by atoms with Gasteiger partial charge in [-0.05, 0) is 25.2 Å². The zero-order chi connectivity index (χ0) is 13.0. The van der Waals surface area contributed by atoms with Crippen molar-refractivity contribution in [1.29, 1.82) is 0 Å². The summed E-state index contributed by atoms with van der Waals surface area (Å²) >= 11 is 5.04. The van der Waals surface area contributed by atoms with E-state index in [-0.39, 0.29) is 11.3 Å². The van der Waals surface area contributed by atoms with Crippen LogP contribution in [0.1, 0.15) is 47.5 Å². The standard InChI is InChI=1S/C13H19BrN2OS/c1-10-11(18-9-16-10)12(17)15-8-13(7-14)5-3-2-4-6-13/h9H,2-8H2,1H3,(H,15,17). The van der Waals surface area contributed by atoms with E-state index in [2.05, 4.69) is 26.2 Å². The fraction of sp³-hybridized carbons (Fsp3) is 0.692. The SMILES string of the molecule is Cc1ncsc1C(=O)NCC1(CBr)CCCCC1. The van der Waals surface area contributed by atoms with Crippen LogP contribution >= 0.6 is 27.3 Å². The highest BCUT2D eigenvalue weighted by Gasteiger charge is 2.31. The van der Waals surface area contributed by atoms with Crippen molar-refractivity contribution < 1.29 is 4.79 Å². The van der Waals surface area contributed by atoms with E-state index in [1.54, 1.807) is 5.51 Å². The first-order chi connectivity index (χ1) is 8.67. The number of thiazole rings is 1. The Bertz CT molecular complexity index is 413. The lowest BCUT2D eigenvalue weighted by atomic mass is 9.75. The Morgan fingerprint density at radius 1 is 1.50 bits per heavy atom. The summed E-state index contributed by atoms with van der Waals surface area (Å²) in [4.78, 5) is 16.9. The number of nitrogens with zero attached hydrogens (tertiary/aromatic N) is 1. The highest BCUT2D eigenvalue weighted by molar-refractivity contribution is 9.09. The Kier molecular flexibility index (Phi) is 4.78. The third kappa shape index (κ3) is 3.12. The molecule has 1 N–H and O–H groups in total. The van der Waals surface area contributed by atoms with Gasteiger partial charge in [0, 0.05) is 11.9 Å². The molecule has 1 amide bonds. The number of amides is 1. The molecule has 0 radical (unpaired) electrons. The summed E-state index contributed by atoms with van der Waals surface area (Å²) in [7, 11) is 0. The number of hydrogen-bond acceptors (Lipinski definition) is 3. The lowest BCUT2D eigenvalue weighted by Gasteiger charge is -2.35. The second-order valence-electron chi connectivity index (χ2n) is 5.14. The fourth-order valence-electron chi connectivity index (χ4n) is 2.53. The third-order valence-electron chi connectivity index (χ3n) is 3.77. The van der Waals surface area contributed by atoms with Crippen LogP contribution in [0, 0.1) is 12.3 Å². The first kappa shape index (κ1) is 14.0. The molecular weight excluding hydrogens is 312 g/mol. The maximum absolute atomic E-state index is 12.1. The molecule has 5 heteroatoms. The first-order valence-corrected chi connectivity index (χ1v) is 8.41. The van der Waals surface area contributed by atoms with Crippen LogP contribution in [-0.4, -0.2) is 22.8 Å². The molecule has 100 valence electrons. The zero-order valence-corrected chi connectivity index (χ0v) is 13.1. The molecule has 1 aliphatic rings. The van der Waals surface area contributed by atoms with Gasteiger partial charge < -0.3 is 5.32 Å². The molecule has 3 nitrogen and oxygen atoms in total. The predicted molar refractivity (Wildman–Crippen MR) is 78.5 cm³/mol. The van der Waals surface area contributed by atoms with E-state index in [0.29, 0.717) is 0 Å². The summed E-state index contributed by atoms with van der Waals surface area (Å²) in [6.45, 7) is 2.65. The Labute approximate surface area is 121 Å². The number of carbonyl (C=O) groups is 1. The molecule has 0 bridgehead atoms. The van der Waals surface area contributed by atoms with Crippen molar-refractivity contribution in [3.8, 4) is 0 Å². The number of aryl methyl sites for hydroxylation is 1. The summed E-state index contributed by atoms with van der Waals surface area (Å²) < 4.78 is 0. The topological polar surface area (TPSA) is 42.0 Å². The fourth-order valence-corrected chi connectivity index (χ4v) is 4.01. The van der Waals surface area contributed by atoms with Crippen LogP contribution < -0.4 is 5.32 Å². The van der Waals surface area contributed by atoms with Crippen molar-refractivity contribution in [2.24, 2.45) is 5.41 Å². The smallest absolute Gasteiger partial charge is 0.263 e. The minimum Gasteiger partial charge on any atom is -0.351 e. The van der Waals surface area contributed by atoms with Crippen molar-refractivity contribution in [1.82, 2.24) is 10.3 Å². The van der Waals surface area contributed by atoms with Gasteiger partial charge in [-0.2, -0.15) is 0 Å². The van der Waals surface area contributed by atoms with Crippen LogP contribution in [0.25, 0.3) is 0 Å². The first-order valence-electron chi connectivity index (χ1n) is 6.41. The highest BCUT2D eigenvalue weighted by atomic mass is 79.9. The van der Waals surface area contributed by atoms with E-state index >= 15 is 0 Å². The van der Waals surface area contributed by atoms with Gasteiger partial charge in [0.25, 0.3) is 5.91 Å².